The summed E-state index contributed by atoms with van der Waals surface area (Å²) >= 11 is 0. The molecule has 0 aromatic carbocycles. The van der Waals surface area contributed by atoms with Crippen molar-refractivity contribution in [2.24, 2.45) is 0 Å². The highest BCUT2D eigenvalue weighted by molar-refractivity contribution is 5.93. The van der Waals surface area contributed by atoms with Crippen LogP contribution in [-0.2, 0) is 4.74 Å². The van der Waals surface area contributed by atoms with Crippen LogP contribution in [0.3, 0.4) is 0 Å². The van der Waals surface area contributed by atoms with Crippen LogP contribution < -0.4 is 4.90 Å². The second kappa shape index (κ2) is 5.42. The van der Waals surface area contributed by atoms with Crippen LogP contribution in [0.1, 0.15) is 33.6 Å². The van der Waals surface area contributed by atoms with Gasteiger partial charge in [0.1, 0.15) is 17.7 Å². The Hall–Kier alpha value is -2.15. The number of aromatic nitrogens is 3. The Kier molecular flexibility index (Phi) is 3.54. The minimum Gasteiger partial charge on any atom is -0.443 e. The van der Waals surface area contributed by atoms with E-state index in [0.29, 0.717) is 11.2 Å². The van der Waals surface area contributed by atoms with Crippen LogP contribution in [0, 0.1) is 0 Å². The maximum absolute atomic E-state index is 12.4. The molecule has 1 saturated carbocycles. The largest absolute Gasteiger partial charge is 0.443 e. The van der Waals surface area contributed by atoms with Gasteiger partial charge in [0.25, 0.3) is 0 Å². The molecular formula is C18H25N5O2. The van der Waals surface area contributed by atoms with Gasteiger partial charge in [-0.1, -0.05) is 0 Å². The molecular weight excluding hydrogens is 318 g/mol. The highest BCUT2D eigenvalue weighted by Crippen LogP contribution is 2.44. The van der Waals surface area contributed by atoms with Crippen LogP contribution in [0.2, 0.25) is 0 Å². The fraction of sp³-hybridized carbons (Fsp3) is 0.611. The number of likely N-dealkylation sites (N-methyl/N-ethyl adjacent to an activating group) is 1. The summed E-state index contributed by atoms with van der Waals surface area (Å²) in [6.45, 7) is 8.51. The summed E-state index contributed by atoms with van der Waals surface area (Å²) in [5.74, 6) is 0.909. The molecule has 0 radical (unpaired) electrons. The molecule has 134 valence electrons. The van der Waals surface area contributed by atoms with E-state index in [9.17, 15) is 4.79 Å². The number of hydrogen-bond acceptors (Lipinski definition) is 6. The summed E-state index contributed by atoms with van der Waals surface area (Å²) in [7, 11) is 2.21. The van der Waals surface area contributed by atoms with Gasteiger partial charge in [-0.25, -0.2) is 19.3 Å². The van der Waals surface area contributed by atoms with Gasteiger partial charge in [-0.05, 0) is 46.7 Å². The Bertz CT molecular complexity index is 818. The predicted molar refractivity (Wildman–Crippen MR) is 96.0 cm³/mol. The second-order valence-corrected chi connectivity index (χ2v) is 8.17. The number of piperazine rings is 1. The molecule has 3 heterocycles. The van der Waals surface area contributed by atoms with Crippen LogP contribution in [0.25, 0.3) is 11.0 Å². The molecule has 2 aliphatic rings. The molecule has 0 atom stereocenters. The highest BCUT2D eigenvalue weighted by Gasteiger charge is 2.49. The lowest BCUT2D eigenvalue weighted by Crippen LogP contribution is -2.53. The van der Waals surface area contributed by atoms with Crippen LogP contribution in [-0.4, -0.2) is 63.4 Å². The molecule has 0 bridgehead atoms. The van der Waals surface area contributed by atoms with E-state index in [1.54, 1.807) is 6.20 Å². The van der Waals surface area contributed by atoms with Crippen molar-refractivity contribution in [2.75, 3.05) is 31.6 Å². The van der Waals surface area contributed by atoms with E-state index in [1.807, 2.05) is 26.8 Å². The van der Waals surface area contributed by atoms with Gasteiger partial charge in [-0.3, -0.25) is 4.90 Å². The number of rotatable bonds is 1. The fourth-order valence-corrected chi connectivity index (χ4v) is 3.58. The fourth-order valence-electron chi connectivity index (χ4n) is 3.58. The SMILES string of the molecule is CN1CCN(c2ncnc3c2ccn3C(=O)OC(C)(C)C)CC12CC2. The first-order valence-corrected chi connectivity index (χ1v) is 8.81. The molecule has 2 aromatic heterocycles. The van der Waals surface area contributed by atoms with E-state index >= 15 is 0 Å². The average Bonchev–Trinajstić information content (AvgIpc) is 3.16. The zero-order valence-electron chi connectivity index (χ0n) is 15.3. The standard InChI is InChI=1S/C18H25N5O2/c1-17(2,3)25-16(24)23-8-5-13-14(19-12-20-15(13)23)22-10-9-21(4)18(11-22)6-7-18/h5,8,12H,6-7,9-11H2,1-4H3. The lowest BCUT2D eigenvalue weighted by Gasteiger charge is -2.40. The number of carbonyl (C=O) groups excluding carboxylic acids is 1. The first kappa shape index (κ1) is 16.3. The maximum Gasteiger partial charge on any atom is 0.420 e. The molecule has 0 unspecified atom stereocenters. The van der Waals surface area contributed by atoms with E-state index in [4.69, 9.17) is 4.74 Å². The molecule has 0 amide bonds. The van der Waals surface area contributed by atoms with Crippen molar-refractivity contribution in [2.45, 2.75) is 44.8 Å². The van der Waals surface area contributed by atoms with Gasteiger partial charge in [-0.15, -0.1) is 0 Å². The normalized spacial score (nSPS) is 20.2. The maximum atomic E-state index is 12.4. The van der Waals surface area contributed by atoms with Gasteiger partial charge >= 0.3 is 6.09 Å². The summed E-state index contributed by atoms with van der Waals surface area (Å²) < 4.78 is 6.94. The predicted octanol–water partition coefficient (Wildman–Crippen LogP) is 2.50. The third-order valence-electron chi connectivity index (χ3n) is 5.18. The average molecular weight is 343 g/mol. The Balaban J connectivity index is 1.67. The van der Waals surface area contributed by atoms with Crippen LogP contribution in [0.5, 0.6) is 0 Å². The Labute approximate surface area is 147 Å². The van der Waals surface area contributed by atoms with Crippen molar-refractivity contribution in [3.05, 3.63) is 18.6 Å². The quantitative estimate of drug-likeness (QED) is 0.793. The van der Waals surface area contributed by atoms with Gasteiger partial charge in [0.15, 0.2) is 5.65 Å². The Morgan fingerprint density at radius 2 is 2.00 bits per heavy atom. The van der Waals surface area contributed by atoms with Crippen molar-refractivity contribution in [1.29, 1.82) is 0 Å². The molecule has 1 aliphatic carbocycles. The lowest BCUT2D eigenvalue weighted by atomic mass is 10.1. The zero-order valence-corrected chi connectivity index (χ0v) is 15.3. The van der Waals surface area contributed by atoms with E-state index in [-0.39, 0.29) is 0 Å². The van der Waals surface area contributed by atoms with Crippen molar-refractivity contribution in [1.82, 2.24) is 19.4 Å². The number of carbonyl (C=O) groups is 1. The van der Waals surface area contributed by atoms with Crippen molar-refractivity contribution in [3.8, 4) is 0 Å². The molecule has 25 heavy (non-hydrogen) atoms. The van der Waals surface area contributed by atoms with Gasteiger partial charge in [0.05, 0.1) is 5.39 Å². The smallest absolute Gasteiger partial charge is 0.420 e. The molecule has 1 spiro atoms. The van der Waals surface area contributed by atoms with E-state index < -0.39 is 11.7 Å². The number of ether oxygens (including phenoxy) is 1. The van der Waals surface area contributed by atoms with Gasteiger partial charge in [0, 0.05) is 31.4 Å². The summed E-state index contributed by atoms with van der Waals surface area (Å²) in [4.78, 5) is 26.1. The van der Waals surface area contributed by atoms with E-state index in [2.05, 4.69) is 26.8 Å². The molecule has 0 N–H and O–H groups in total. The van der Waals surface area contributed by atoms with Crippen molar-refractivity contribution < 1.29 is 9.53 Å². The van der Waals surface area contributed by atoms with Crippen molar-refractivity contribution in [3.63, 3.8) is 0 Å². The topological polar surface area (TPSA) is 63.5 Å². The number of fused-ring (bicyclic) bond motifs is 1. The Morgan fingerprint density at radius 1 is 1.24 bits per heavy atom. The molecule has 1 aliphatic heterocycles. The first-order valence-electron chi connectivity index (χ1n) is 8.81. The van der Waals surface area contributed by atoms with Gasteiger partial charge < -0.3 is 9.64 Å². The molecule has 4 rings (SSSR count). The van der Waals surface area contributed by atoms with E-state index in [1.165, 1.54) is 23.7 Å². The second-order valence-electron chi connectivity index (χ2n) is 8.17. The molecule has 7 nitrogen and oxygen atoms in total. The molecule has 1 saturated heterocycles. The minimum atomic E-state index is -0.542. The molecule has 7 heteroatoms. The monoisotopic (exact) mass is 343 g/mol. The van der Waals surface area contributed by atoms with Crippen molar-refractivity contribution >= 4 is 22.9 Å². The summed E-state index contributed by atoms with van der Waals surface area (Å²) in [5.41, 5.74) is 0.366. The van der Waals surface area contributed by atoms with Crippen LogP contribution >= 0.6 is 0 Å². The third-order valence-corrected chi connectivity index (χ3v) is 5.18. The summed E-state index contributed by atoms with van der Waals surface area (Å²) in [6, 6.07) is 1.91. The Morgan fingerprint density at radius 3 is 2.68 bits per heavy atom. The first-order chi connectivity index (χ1) is 11.8. The molecule has 2 aromatic rings. The highest BCUT2D eigenvalue weighted by atomic mass is 16.6. The van der Waals surface area contributed by atoms with Gasteiger partial charge in [-0.2, -0.15) is 0 Å². The zero-order chi connectivity index (χ0) is 17.8. The third kappa shape index (κ3) is 2.86. The van der Waals surface area contributed by atoms with Gasteiger partial charge in [0.2, 0.25) is 0 Å². The summed E-state index contributed by atoms with van der Waals surface area (Å²) in [5, 5.41) is 0.897. The number of nitrogens with zero attached hydrogens (tertiary/aromatic N) is 5. The molecule has 2 fully saturated rings. The lowest BCUT2D eigenvalue weighted by molar-refractivity contribution is 0.0543. The van der Waals surface area contributed by atoms with E-state index in [0.717, 1.165) is 30.8 Å². The van der Waals surface area contributed by atoms with Crippen LogP contribution in [0.15, 0.2) is 18.6 Å². The van der Waals surface area contributed by atoms with Crippen LogP contribution in [0.4, 0.5) is 10.6 Å². The number of hydrogen-bond donors (Lipinski definition) is 0. The summed E-state index contributed by atoms with van der Waals surface area (Å²) in [6.07, 6.45) is 5.33. The minimum absolute atomic E-state index is 0.309. The number of anilines is 1.